The summed E-state index contributed by atoms with van der Waals surface area (Å²) in [5.74, 6) is 0.617. The number of aliphatic hydroxyl groups excluding tert-OH is 1. The van der Waals surface area contributed by atoms with E-state index in [1.165, 1.54) is 0 Å². The molecule has 2 atom stereocenters. The molecule has 0 spiro atoms. The van der Waals surface area contributed by atoms with Gasteiger partial charge in [0.15, 0.2) is 0 Å². The van der Waals surface area contributed by atoms with Crippen molar-refractivity contribution < 1.29 is 5.11 Å². The number of rotatable bonds is 5. The zero-order chi connectivity index (χ0) is 14.6. The molecule has 3 heteroatoms. The second-order valence-corrected chi connectivity index (χ2v) is 5.65. The van der Waals surface area contributed by atoms with Crippen LogP contribution in [0.4, 0.5) is 5.69 Å². The third-order valence-corrected chi connectivity index (χ3v) is 3.46. The van der Waals surface area contributed by atoms with E-state index in [4.69, 9.17) is 5.26 Å². The lowest BCUT2D eigenvalue weighted by Gasteiger charge is -2.31. The summed E-state index contributed by atoms with van der Waals surface area (Å²) in [6.45, 7) is 8.33. The smallest absolute Gasteiger partial charge is 0.0992 e. The van der Waals surface area contributed by atoms with Crippen molar-refractivity contribution >= 4 is 5.69 Å². The van der Waals surface area contributed by atoms with E-state index in [0.29, 0.717) is 17.5 Å². The van der Waals surface area contributed by atoms with Gasteiger partial charge in [0.25, 0.3) is 0 Å². The third kappa shape index (κ3) is 3.97. The number of nitriles is 1. The van der Waals surface area contributed by atoms with Crippen LogP contribution in [0.15, 0.2) is 18.2 Å². The molecule has 1 N–H and O–H groups in total. The molecule has 0 aliphatic carbocycles. The van der Waals surface area contributed by atoms with Crippen molar-refractivity contribution in [2.75, 3.05) is 11.9 Å². The summed E-state index contributed by atoms with van der Waals surface area (Å²) < 4.78 is 0. The Hall–Kier alpha value is -1.53. The maximum atomic E-state index is 9.87. The summed E-state index contributed by atoms with van der Waals surface area (Å²) in [4.78, 5) is 2.16. The first kappa shape index (κ1) is 15.5. The topological polar surface area (TPSA) is 47.3 Å². The predicted molar refractivity (Wildman–Crippen MR) is 79.1 cm³/mol. The van der Waals surface area contributed by atoms with Crippen molar-refractivity contribution in [3.05, 3.63) is 29.3 Å². The fourth-order valence-corrected chi connectivity index (χ4v) is 2.35. The van der Waals surface area contributed by atoms with Crippen molar-refractivity contribution in [2.45, 2.75) is 46.3 Å². The van der Waals surface area contributed by atoms with Gasteiger partial charge in [0.05, 0.1) is 17.7 Å². The van der Waals surface area contributed by atoms with E-state index in [2.05, 4.69) is 31.7 Å². The highest BCUT2D eigenvalue weighted by atomic mass is 16.3. The maximum Gasteiger partial charge on any atom is 0.0992 e. The molecule has 0 saturated carbocycles. The predicted octanol–water partition coefficient (Wildman–Crippen LogP) is 3.48. The number of anilines is 1. The SMILES string of the molecule is CC(C)CC(C)N(C)c1cc(C#N)ccc1[C@@H](C)O. The molecule has 0 amide bonds. The Balaban J connectivity index is 3.12. The molecule has 19 heavy (non-hydrogen) atoms. The minimum absolute atomic E-state index is 0.367. The molecule has 1 aromatic rings. The van der Waals surface area contributed by atoms with E-state index in [0.717, 1.165) is 17.7 Å². The monoisotopic (exact) mass is 260 g/mol. The number of hydrogen-bond acceptors (Lipinski definition) is 3. The average molecular weight is 260 g/mol. The lowest BCUT2D eigenvalue weighted by molar-refractivity contribution is 0.199. The first-order valence-electron chi connectivity index (χ1n) is 6.81. The second-order valence-electron chi connectivity index (χ2n) is 5.65. The van der Waals surface area contributed by atoms with Crippen LogP contribution in [0.3, 0.4) is 0 Å². The van der Waals surface area contributed by atoms with E-state index in [1.54, 1.807) is 13.0 Å². The summed E-state index contributed by atoms with van der Waals surface area (Å²) in [6.07, 6.45) is 0.545. The highest BCUT2D eigenvalue weighted by Crippen LogP contribution is 2.29. The molecule has 1 unspecified atom stereocenters. The van der Waals surface area contributed by atoms with Gasteiger partial charge in [-0.3, -0.25) is 0 Å². The van der Waals surface area contributed by atoms with Gasteiger partial charge >= 0.3 is 0 Å². The number of aliphatic hydroxyl groups is 1. The second kappa shape index (κ2) is 6.58. The van der Waals surface area contributed by atoms with Gasteiger partial charge in [0.1, 0.15) is 0 Å². The Bertz CT molecular complexity index is 460. The molecule has 0 heterocycles. The van der Waals surface area contributed by atoms with Gasteiger partial charge in [-0.15, -0.1) is 0 Å². The number of hydrogen-bond donors (Lipinski definition) is 1. The Morgan fingerprint density at radius 1 is 1.26 bits per heavy atom. The molecular formula is C16H24N2O. The van der Waals surface area contributed by atoms with Gasteiger partial charge in [-0.1, -0.05) is 19.9 Å². The van der Waals surface area contributed by atoms with Crippen LogP contribution in [0.5, 0.6) is 0 Å². The van der Waals surface area contributed by atoms with Crippen LogP contribution in [0.2, 0.25) is 0 Å². The van der Waals surface area contributed by atoms with Gasteiger partial charge in [-0.2, -0.15) is 5.26 Å². The molecule has 3 nitrogen and oxygen atoms in total. The minimum atomic E-state index is -0.531. The molecule has 0 fully saturated rings. The third-order valence-electron chi connectivity index (χ3n) is 3.46. The number of benzene rings is 1. The van der Waals surface area contributed by atoms with Crippen LogP contribution in [0.1, 0.15) is 51.3 Å². The molecule has 0 aliphatic rings. The van der Waals surface area contributed by atoms with Gasteiger partial charge in [-0.05, 0) is 38.3 Å². The van der Waals surface area contributed by atoms with Crippen LogP contribution < -0.4 is 4.90 Å². The largest absolute Gasteiger partial charge is 0.389 e. The van der Waals surface area contributed by atoms with Crippen molar-refractivity contribution in [2.24, 2.45) is 5.92 Å². The van der Waals surface area contributed by atoms with Gasteiger partial charge in [-0.25, -0.2) is 0 Å². The standard InChI is InChI=1S/C16H24N2O/c1-11(2)8-12(3)18(5)16-9-14(10-17)6-7-15(16)13(4)19/h6-7,9,11-13,19H,8H2,1-5H3/t12?,13-/m1/s1. The summed E-state index contributed by atoms with van der Waals surface area (Å²) in [6, 6.07) is 7.99. The molecular weight excluding hydrogens is 236 g/mol. The van der Waals surface area contributed by atoms with Gasteiger partial charge in [0.2, 0.25) is 0 Å². The number of nitrogens with zero attached hydrogens (tertiary/aromatic N) is 2. The fraction of sp³-hybridized carbons (Fsp3) is 0.562. The summed E-state index contributed by atoms with van der Waals surface area (Å²) >= 11 is 0. The van der Waals surface area contributed by atoms with Crippen molar-refractivity contribution in [3.8, 4) is 6.07 Å². The van der Waals surface area contributed by atoms with Crippen molar-refractivity contribution in [1.29, 1.82) is 5.26 Å². The quantitative estimate of drug-likeness (QED) is 0.881. The van der Waals surface area contributed by atoms with E-state index >= 15 is 0 Å². The van der Waals surface area contributed by atoms with Gasteiger partial charge < -0.3 is 10.0 Å². The average Bonchev–Trinajstić information content (AvgIpc) is 2.36. The normalized spacial score (nSPS) is 14.0. The molecule has 0 bridgehead atoms. The lowest BCUT2D eigenvalue weighted by Crippen LogP contribution is -2.31. The highest BCUT2D eigenvalue weighted by Gasteiger charge is 2.17. The van der Waals surface area contributed by atoms with E-state index in [1.807, 2.05) is 19.2 Å². The first-order valence-corrected chi connectivity index (χ1v) is 6.81. The van der Waals surface area contributed by atoms with Crippen LogP contribution in [-0.2, 0) is 0 Å². The Kier molecular flexibility index (Phi) is 5.38. The van der Waals surface area contributed by atoms with Crippen LogP contribution in [-0.4, -0.2) is 18.2 Å². The maximum absolute atomic E-state index is 9.87. The summed E-state index contributed by atoms with van der Waals surface area (Å²) in [5.41, 5.74) is 2.45. The highest BCUT2D eigenvalue weighted by molar-refractivity contribution is 5.58. The molecule has 1 aromatic carbocycles. The van der Waals surface area contributed by atoms with Gasteiger partial charge in [0, 0.05) is 24.3 Å². The minimum Gasteiger partial charge on any atom is -0.389 e. The van der Waals surface area contributed by atoms with Crippen LogP contribution >= 0.6 is 0 Å². The fourth-order valence-electron chi connectivity index (χ4n) is 2.35. The first-order chi connectivity index (χ1) is 8.86. The molecule has 0 saturated heterocycles. The van der Waals surface area contributed by atoms with Crippen LogP contribution in [0, 0.1) is 17.2 Å². The lowest BCUT2D eigenvalue weighted by atomic mass is 10.0. The molecule has 104 valence electrons. The van der Waals surface area contributed by atoms with E-state index in [9.17, 15) is 5.11 Å². The Morgan fingerprint density at radius 2 is 1.89 bits per heavy atom. The van der Waals surface area contributed by atoms with E-state index < -0.39 is 6.10 Å². The Labute approximate surface area is 116 Å². The zero-order valence-electron chi connectivity index (χ0n) is 12.5. The summed E-state index contributed by atoms with van der Waals surface area (Å²) in [5, 5.41) is 18.9. The molecule has 0 radical (unpaired) electrons. The zero-order valence-corrected chi connectivity index (χ0v) is 12.5. The van der Waals surface area contributed by atoms with E-state index in [-0.39, 0.29) is 0 Å². The molecule has 0 aliphatic heterocycles. The molecule has 1 rings (SSSR count). The van der Waals surface area contributed by atoms with Crippen LogP contribution in [0.25, 0.3) is 0 Å². The Morgan fingerprint density at radius 3 is 2.37 bits per heavy atom. The molecule has 0 aromatic heterocycles. The van der Waals surface area contributed by atoms with Crippen molar-refractivity contribution in [3.63, 3.8) is 0 Å². The summed E-state index contributed by atoms with van der Waals surface area (Å²) in [7, 11) is 2.02. The van der Waals surface area contributed by atoms with Crippen molar-refractivity contribution in [1.82, 2.24) is 0 Å².